The maximum atomic E-state index is 5.67. The van der Waals surface area contributed by atoms with E-state index in [1.807, 2.05) is 18.2 Å². The van der Waals surface area contributed by atoms with Gasteiger partial charge in [-0.3, -0.25) is 0 Å². The smallest absolute Gasteiger partial charge is 0.122 e. The highest BCUT2D eigenvalue weighted by atomic mass is 16.5. The second-order valence-electron chi connectivity index (χ2n) is 4.17. The van der Waals surface area contributed by atoms with Crippen LogP contribution in [0.5, 0.6) is 5.75 Å². The lowest BCUT2D eigenvalue weighted by Gasteiger charge is -2.11. The van der Waals surface area contributed by atoms with Crippen molar-refractivity contribution in [1.29, 1.82) is 0 Å². The van der Waals surface area contributed by atoms with Crippen LogP contribution >= 0.6 is 0 Å². The Bertz CT molecular complexity index is 300. The summed E-state index contributed by atoms with van der Waals surface area (Å²) in [5, 5.41) is 3.34. The molecule has 0 fully saturated rings. The minimum atomic E-state index is 0.721. The lowest BCUT2D eigenvalue weighted by atomic mass is 10.2. The zero-order chi connectivity index (χ0) is 11.8. The Morgan fingerprint density at radius 2 is 1.94 bits per heavy atom. The molecule has 0 spiro atoms. The number of hydrogen-bond acceptors (Lipinski definition) is 3. The maximum Gasteiger partial charge on any atom is 0.122 e. The fourth-order valence-corrected chi connectivity index (χ4v) is 1.38. The molecule has 1 N–H and O–H groups in total. The van der Waals surface area contributed by atoms with E-state index in [1.54, 1.807) is 0 Å². The Balaban J connectivity index is 2.10. The molecule has 1 aromatic rings. The Morgan fingerprint density at radius 3 is 2.62 bits per heavy atom. The van der Waals surface area contributed by atoms with E-state index in [2.05, 4.69) is 37.3 Å². The summed E-state index contributed by atoms with van der Waals surface area (Å²) in [5.74, 6) is 0.983. The molecule has 3 heteroatoms. The summed E-state index contributed by atoms with van der Waals surface area (Å²) < 4.78 is 5.67. The molecule has 0 amide bonds. The summed E-state index contributed by atoms with van der Waals surface area (Å²) in [6, 6.07) is 8.10. The molecule has 3 nitrogen and oxygen atoms in total. The number of nitrogens with one attached hydrogen (secondary N) is 1. The van der Waals surface area contributed by atoms with Gasteiger partial charge in [0, 0.05) is 19.6 Å². The van der Waals surface area contributed by atoms with Gasteiger partial charge in [0.25, 0.3) is 0 Å². The average molecular weight is 222 g/mol. The first kappa shape index (κ1) is 13.0. The molecule has 0 aromatic heterocycles. The largest absolute Gasteiger partial charge is 0.492 e. The van der Waals surface area contributed by atoms with Gasteiger partial charge in [-0.15, -0.1) is 0 Å². The van der Waals surface area contributed by atoms with Crippen LogP contribution in [0.3, 0.4) is 0 Å². The third-order valence-electron chi connectivity index (χ3n) is 2.37. The first-order chi connectivity index (χ1) is 7.70. The van der Waals surface area contributed by atoms with Gasteiger partial charge in [-0.1, -0.05) is 18.2 Å². The molecular weight excluding hydrogens is 200 g/mol. The second kappa shape index (κ2) is 7.25. The predicted octanol–water partition coefficient (Wildman–Crippen LogP) is 1.53. The third kappa shape index (κ3) is 5.14. The lowest BCUT2D eigenvalue weighted by Crippen LogP contribution is -2.29. The first-order valence-electron chi connectivity index (χ1n) is 5.74. The molecule has 0 radical (unpaired) electrons. The van der Waals surface area contributed by atoms with Crippen molar-refractivity contribution in [1.82, 2.24) is 10.2 Å². The Labute approximate surface area is 98.4 Å². The van der Waals surface area contributed by atoms with E-state index in [4.69, 9.17) is 4.74 Å². The van der Waals surface area contributed by atoms with E-state index in [1.165, 1.54) is 5.56 Å². The number of ether oxygens (including phenoxy) is 1. The number of likely N-dealkylation sites (N-methyl/N-ethyl adjacent to an activating group) is 1. The summed E-state index contributed by atoms with van der Waals surface area (Å²) in [6.45, 7) is 5.74. The molecule has 16 heavy (non-hydrogen) atoms. The normalized spacial score (nSPS) is 10.8. The molecule has 1 rings (SSSR count). The topological polar surface area (TPSA) is 24.5 Å². The monoisotopic (exact) mass is 222 g/mol. The van der Waals surface area contributed by atoms with Crippen molar-refractivity contribution in [2.75, 3.05) is 40.3 Å². The Hall–Kier alpha value is -1.06. The molecule has 1 aromatic carbocycles. The van der Waals surface area contributed by atoms with E-state index >= 15 is 0 Å². The van der Waals surface area contributed by atoms with Gasteiger partial charge in [0.05, 0.1) is 0 Å². The van der Waals surface area contributed by atoms with Crippen LogP contribution in [0, 0.1) is 6.92 Å². The van der Waals surface area contributed by atoms with E-state index in [-0.39, 0.29) is 0 Å². The standard InChI is InChI=1S/C13H22N2O/c1-12-6-4-5-7-13(12)16-11-9-14-8-10-15(2)3/h4-7,14H,8-11H2,1-3H3. The van der Waals surface area contributed by atoms with Crippen molar-refractivity contribution in [2.24, 2.45) is 0 Å². The van der Waals surface area contributed by atoms with Gasteiger partial charge in [-0.05, 0) is 32.6 Å². The van der Waals surface area contributed by atoms with Gasteiger partial charge < -0.3 is 15.0 Å². The third-order valence-corrected chi connectivity index (χ3v) is 2.37. The number of para-hydroxylation sites is 1. The molecule has 0 unspecified atom stereocenters. The van der Waals surface area contributed by atoms with Crippen molar-refractivity contribution in [2.45, 2.75) is 6.92 Å². The highest BCUT2D eigenvalue weighted by molar-refractivity contribution is 5.31. The van der Waals surface area contributed by atoms with E-state index in [0.29, 0.717) is 0 Å². The number of benzene rings is 1. The predicted molar refractivity (Wildman–Crippen MR) is 68.1 cm³/mol. The van der Waals surface area contributed by atoms with Crippen molar-refractivity contribution in [3.63, 3.8) is 0 Å². The fourth-order valence-electron chi connectivity index (χ4n) is 1.38. The lowest BCUT2D eigenvalue weighted by molar-refractivity contribution is 0.306. The summed E-state index contributed by atoms with van der Waals surface area (Å²) in [5.41, 5.74) is 1.19. The van der Waals surface area contributed by atoms with E-state index in [0.717, 1.165) is 32.0 Å². The molecule has 0 bridgehead atoms. The van der Waals surface area contributed by atoms with Crippen LogP contribution in [0.2, 0.25) is 0 Å². The van der Waals surface area contributed by atoms with Gasteiger partial charge in [-0.2, -0.15) is 0 Å². The minimum absolute atomic E-state index is 0.721. The van der Waals surface area contributed by atoms with Gasteiger partial charge in [0.2, 0.25) is 0 Å². The molecular formula is C13H22N2O. The van der Waals surface area contributed by atoms with Gasteiger partial charge in [0.1, 0.15) is 12.4 Å². The molecule has 0 saturated carbocycles. The van der Waals surface area contributed by atoms with Crippen LogP contribution in [0.4, 0.5) is 0 Å². The molecule has 0 saturated heterocycles. The molecule has 0 atom stereocenters. The van der Waals surface area contributed by atoms with Gasteiger partial charge in [0.15, 0.2) is 0 Å². The minimum Gasteiger partial charge on any atom is -0.492 e. The zero-order valence-electron chi connectivity index (χ0n) is 10.5. The van der Waals surface area contributed by atoms with Gasteiger partial charge >= 0.3 is 0 Å². The number of rotatable bonds is 7. The fraction of sp³-hybridized carbons (Fsp3) is 0.538. The molecule has 0 aliphatic carbocycles. The summed E-state index contributed by atoms with van der Waals surface area (Å²) in [6.07, 6.45) is 0. The van der Waals surface area contributed by atoms with Crippen LogP contribution in [0.1, 0.15) is 5.56 Å². The number of aryl methyl sites for hydroxylation is 1. The van der Waals surface area contributed by atoms with Crippen LogP contribution in [0.15, 0.2) is 24.3 Å². The Kier molecular flexibility index (Phi) is 5.90. The van der Waals surface area contributed by atoms with Crippen LogP contribution < -0.4 is 10.1 Å². The first-order valence-corrected chi connectivity index (χ1v) is 5.74. The van der Waals surface area contributed by atoms with Crippen LogP contribution in [0.25, 0.3) is 0 Å². The summed E-state index contributed by atoms with van der Waals surface area (Å²) >= 11 is 0. The van der Waals surface area contributed by atoms with Crippen molar-refractivity contribution < 1.29 is 4.74 Å². The van der Waals surface area contributed by atoms with Crippen LogP contribution in [-0.4, -0.2) is 45.2 Å². The second-order valence-corrected chi connectivity index (χ2v) is 4.17. The van der Waals surface area contributed by atoms with E-state index in [9.17, 15) is 0 Å². The number of hydrogen-bond donors (Lipinski definition) is 1. The number of nitrogens with zero attached hydrogens (tertiary/aromatic N) is 1. The van der Waals surface area contributed by atoms with Crippen molar-refractivity contribution >= 4 is 0 Å². The van der Waals surface area contributed by atoms with Crippen molar-refractivity contribution in [3.05, 3.63) is 29.8 Å². The maximum absolute atomic E-state index is 5.67. The molecule has 90 valence electrons. The molecule has 0 aliphatic rings. The van der Waals surface area contributed by atoms with E-state index < -0.39 is 0 Å². The molecule has 0 heterocycles. The average Bonchev–Trinajstić information content (AvgIpc) is 2.25. The molecule has 0 aliphatic heterocycles. The zero-order valence-corrected chi connectivity index (χ0v) is 10.5. The van der Waals surface area contributed by atoms with Gasteiger partial charge in [-0.25, -0.2) is 0 Å². The SMILES string of the molecule is Cc1ccccc1OCCNCCN(C)C. The van der Waals surface area contributed by atoms with Crippen molar-refractivity contribution in [3.8, 4) is 5.75 Å². The van der Waals surface area contributed by atoms with Crippen LogP contribution in [-0.2, 0) is 0 Å². The Morgan fingerprint density at radius 1 is 1.19 bits per heavy atom. The highest BCUT2D eigenvalue weighted by Gasteiger charge is 1.96. The summed E-state index contributed by atoms with van der Waals surface area (Å²) in [4.78, 5) is 2.16. The quantitative estimate of drug-likeness (QED) is 0.708. The summed E-state index contributed by atoms with van der Waals surface area (Å²) in [7, 11) is 4.15. The highest BCUT2D eigenvalue weighted by Crippen LogP contribution is 2.15.